The largest absolute Gasteiger partial charge is 0.392 e. The van der Waals surface area contributed by atoms with Crippen LogP contribution in [-0.4, -0.2) is 24.2 Å². The van der Waals surface area contributed by atoms with E-state index >= 15 is 0 Å². The molecule has 0 fully saturated rings. The van der Waals surface area contributed by atoms with E-state index in [1.807, 2.05) is 26.2 Å². The van der Waals surface area contributed by atoms with Crippen molar-refractivity contribution in [2.75, 3.05) is 19.0 Å². The molecule has 1 aromatic carbocycles. The zero-order valence-corrected chi connectivity index (χ0v) is 11.0. The van der Waals surface area contributed by atoms with Crippen LogP contribution in [0.2, 0.25) is 0 Å². The summed E-state index contributed by atoms with van der Waals surface area (Å²) in [5.74, 6) is 0. The molecule has 2 rings (SSSR count). The third-order valence-electron chi connectivity index (χ3n) is 3.01. The highest BCUT2D eigenvalue weighted by Crippen LogP contribution is 2.25. The lowest BCUT2D eigenvalue weighted by Crippen LogP contribution is -2.08. The molecular weight excluding hydrogens is 224 g/mol. The van der Waals surface area contributed by atoms with E-state index < -0.39 is 0 Å². The molecule has 0 unspecified atom stereocenters. The van der Waals surface area contributed by atoms with Crippen LogP contribution >= 0.6 is 0 Å². The van der Waals surface area contributed by atoms with Crippen molar-refractivity contribution >= 4 is 5.69 Å². The van der Waals surface area contributed by atoms with Crippen molar-refractivity contribution in [1.29, 1.82) is 0 Å². The molecule has 0 atom stereocenters. The van der Waals surface area contributed by atoms with Gasteiger partial charge in [-0.25, -0.2) is 0 Å². The van der Waals surface area contributed by atoms with Crippen LogP contribution in [0.4, 0.5) is 5.69 Å². The first kappa shape index (κ1) is 12.6. The van der Waals surface area contributed by atoms with E-state index in [-0.39, 0.29) is 6.61 Å². The Bertz CT molecular complexity index is 550. The van der Waals surface area contributed by atoms with Crippen molar-refractivity contribution < 1.29 is 5.11 Å². The molecule has 0 amide bonds. The van der Waals surface area contributed by atoms with E-state index in [1.54, 1.807) is 6.20 Å². The van der Waals surface area contributed by atoms with Gasteiger partial charge in [0.1, 0.15) is 0 Å². The average molecular weight is 242 g/mol. The second-order valence-electron chi connectivity index (χ2n) is 4.60. The first-order valence-corrected chi connectivity index (χ1v) is 5.96. The highest BCUT2D eigenvalue weighted by atomic mass is 16.3. The van der Waals surface area contributed by atoms with Crippen LogP contribution in [0.1, 0.15) is 11.1 Å². The van der Waals surface area contributed by atoms with Gasteiger partial charge in [0, 0.05) is 31.5 Å². The normalized spacial score (nSPS) is 10.4. The van der Waals surface area contributed by atoms with Crippen LogP contribution in [0, 0.1) is 6.92 Å². The molecule has 1 aromatic heterocycles. The molecule has 1 N–H and O–H groups in total. The Balaban J connectivity index is 2.44. The van der Waals surface area contributed by atoms with Gasteiger partial charge in [-0.2, -0.15) is 0 Å². The van der Waals surface area contributed by atoms with Gasteiger partial charge in [0.25, 0.3) is 0 Å². The van der Waals surface area contributed by atoms with Crippen LogP contribution in [0.15, 0.2) is 36.5 Å². The SMILES string of the molecule is Cc1cc(N(C)C)ccc1-c1cc(CO)ccn1. The van der Waals surface area contributed by atoms with Gasteiger partial charge in [-0.3, -0.25) is 4.98 Å². The van der Waals surface area contributed by atoms with Crippen LogP contribution < -0.4 is 4.90 Å². The summed E-state index contributed by atoms with van der Waals surface area (Å²) in [5.41, 5.74) is 5.26. The fraction of sp³-hybridized carbons (Fsp3) is 0.267. The monoisotopic (exact) mass is 242 g/mol. The quantitative estimate of drug-likeness (QED) is 0.898. The second-order valence-corrected chi connectivity index (χ2v) is 4.60. The van der Waals surface area contributed by atoms with Gasteiger partial charge < -0.3 is 10.0 Å². The number of hydrogen-bond acceptors (Lipinski definition) is 3. The Labute approximate surface area is 108 Å². The first-order chi connectivity index (χ1) is 8.61. The predicted octanol–water partition coefficient (Wildman–Crippen LogP) is 2.62. The number of rotatable bonds is 3. The Kier molecular flexibility index (Phi) is 3.63. The minimum absolute atomic E-state index is 0.0460. The molecule has 3 heteroatoms. The number of benzene rings is 1. The second kappa shape index (κ2) is 5.19. The molecular formula is C15H18N2O. The van der Waals surface area contributed by atoms with E-state index in [0.29, 0.717) is 0 Å². The van der Waals surface area contributed by atoms with E-state index in [9.17, 15) is 0 Å². The minimum atomic E-state index is 0.0460. The maximum absolute atomic E-state index is 9.16. The highest BCUT2D eigenvalue weighted by Gasteiger charge is 2.06. The number of aromatic nitrogens is 1. The van der Waals surface area contributed by atoms with Gasteiger partial charge in [0.15, 0.2) is 0 Å². The third kappa shape index (κ3) is 2.51. The van der Waals surface area contributed by atoms with Crippen LogP contribution in [0.25, 0.3) is 11.3 Å². The number of aryl methyl sites for hydroxylation is 1. The van der Waals surface area contributed by atoms with Crippen molar-refractivity contribution in [3.8, 4) is 11.3 Å². The van der Waals surface area contributed by atoms with Gasteiger partial charge in [0.05, 0.1) is 12.3 Å². The van der Waals surface area contributed by atoms with Crippen molar-refractivity contribution in [2.45, 2.75) is 13.5 Å². The molecule has 0 saturated heterocycles. The van der Waals surface area contributed by atoms with Crippen LogP contribution in [-0.2, 0) is 6.61 Å². The maximum Gasteiger partial charge on any atom is 0.0708 e. The molecule has 0 spiro atoms. The Morgan fingerprint density at radius 1 is 1.17 bits per heavy atom. The van der Waals surface area contributed by atoms with Crippen LogP contribution in [0.3, 0.4) is 0 Å². The molecule has 0 aliphatic carbocycles. The first-order valence-electron chi connectivity index (χ1n) is 5.96. The van der Waals surface area contributed by atoms with Gasteiger partial charge in [-0.1, -0.05) is 6.07 Å². The van der Waals surface area contributed by atoms with Gasteiger partial charge in [0.2, 0.25) is 0 Å². The molecule has 0 aliphatic rings. The van der Waals surface area contributed by atoms with Gasteiger partial charge in [-0.05, 0) is 42.3 Å². The molecule has 0 aliphatic heterocycles. The molecule has 18 heavy (non-hydrogen) atoms. The Morgan fingerprint density at radius 3 is 2.56 bits per heavy atom. The fourth-order valence-electron chi connectivity index (χ4n) is 1.93. The smallest absolute Gasteiger partial charge is 0.0708 e. The number of nitrogens with zero attached hydrogens (tertiary/aromatic N) is 2. The molecule has 0 bridgehead atoms. The molecule has 2 aromatic rings. The predicted molar refractivity (Wildman–Crippen MR) is 74.7 cm³/mol. The van der Waals surface area contributed by atoms with Gasteiger partial charge in [-0.15, -0.1) is 0 Å². The van der Waals surface area contributed by atoms with E-state index in [0.717, 1.165) is 16.8 Å². The summed E-state index contributed by atoms with van der Waals surface area (Å²) in [6, 6.07) is 10.1. The third-order valence-corrected chi connectivity index (χ3v) is 3.01. The lowest BCUT2D eigenvalue weighted by atomic mass is 10.0. The van der Waals surface area contributed by atoms with E-state index in [1.165, 1.54) is 11.3 Å². The van der Waals surface area contributed by atoms with Crippen molar-refractivity contribution in [3.05, 3.63) is 47.7 Å². The van der Waals surface area contributed by atoms with Crippen molar-refractivity contribution in [2.24, 2.45) is 0 Å². The Morgan fingerprint density at radius 2 is 1.94 bits per heavy atom. The zero-order chi connectivity index (χ0) is 13.1. The Hall–Kier alpha value is -1.87. The zero-order valence-electron chi connectivity index (χ0n) is 11.0. The standard InChI is InChI=1S/C15H18N2O/c1-11-8-13(17(2)3)4-5-14(11)15-9-12(10-18)6-7-16-15/h4-9,18H,10H2,1-3H3. The average Bonchev–Trinajstić information content (AvgIpc) is 2.38. The highest BCUT2D eigenvalue weighted by molar-refractivity contribution is 5.67. The topological polar surface area (TPSA) is 36.4 Å². The summed E-state index contributed by atoms with van der Waals surface area (Å²) >= 11 is 0. The molecule has 1 heterocycles. The number of pyridine rings is 1. The van der Waals surface area contributed by atoms with E-state index in [4.69, 9.17) is 5.11 Å². The number of aliphatic hydroxyl groups is 1. The lowest BCUT2D eigenvalue weighted by Gasteiger charge is -2.15. The molecule has 0 radical (unpaired) electrons. The minimum Gasteiger partial charge on any atom is -0.392 e. The molecule has 3 nitrogen and oxygen atoms in total. The van der Waals surface area contributed by atoms with Crippen molar-refractivity contribution in [3.63, 3.8) is 0 Å². The summed E-state index contributed by atoms with van der Waals surface area (Å²) in [4.78, 5) is 6.45. The van der Waals surface area contributed by atoms with Crippen LogP contribution in [0.5, 0.6) is 0 Å². The summed E-state index contributed by atoms with van der Waals surface area (Å²) in [6.07, 6.45) is 1.74. The lowest BCUT2D eigenvalue weighted by molar-refractivity contribution is 0.282. The summed E-state index contributed by atoms with van der Waals surface area (Å²) in [7, 11) is 4.05. The van der Waals surface area contributed by atoms with Gasteiger partial charge >= 0.3 is 0 Å². The molecule has 94 valence electrons. The number of aliphatic hydroxyl groups excluding tert-OH is 1. The number of anilines is 1. The molecule has 0 saturated carbocycles. The summed E-state index contributed by atoms with van der Waals surface area (Å²) in [6.45, 7) is 2.12. The summed E-state index contributed by atoms with van der Waals surface area (Å²) < 4.78 is 0. The number of hydrogen-bond donors (Lipinski definition) is 1. The van der Waals surface area contributed by atoms with Crippen molar-refractivity contribution in [1.82, 2.24) is 4.98 Å². The fourth-order valence-corrected chi connectivity index (χ4v) is 1.93. The van der Waals surface area contributed by atoms with E-state index in [2.05, 4.69) is 35.0 Å². The summed E-state index contributed by atoms with van der Waals surface area (Å²) in [5, 5.41) is 9.16. The maximum atomic E-state index is 9.16.